The lowest BCUT2D eigenvalue weighted by atomic mass is 10.1. The molecule has 24 heavy (non-hydrogen) atoms. The molecule has 0 bridgehead atoms. The third-order valence-electron chi connectivity index (χ3n) is 3.68. The Kier molecular flexibility index (Phi) is 5.87. The van der Waals surface area contributed by atoms with Crippen molar-refractivity contribution in [3.05, 3.63) is 70.2 Å². The van der Waals surface area contributed by atoms with E-state index in [4.69, 9.17) is 0 Å². The number of benzene rings is 1. The van der Waals surface area contributed by atoms with Crippen LogP contribution >= 0.6 is 11.3 Å². The second-order valence-corrected chi connectivity index (χ2v) is 6.44. The molecular formula is C18H20N4OS. The van der Waals surface area contributed by atoms with E-state index in [1.165, 1.54) is 5.56 Å². The molecule has 0 spiro atoms. The van der Waals surface area contributed by atoms with Crippen molar-refractivity contribution in [3.63, 3.8) is 0 Å². The first kappa shape index (κ1) is 16.5. The minimum absolute atomic E-state index is 0.116. The summed E-state index contributed by atoms with van der Waals surface area (Å²) >= 11 is 1.55. The highest BCUT2D eigenvalue weighted by Crippen LogP contribution is 2.13. The zero-order valence-corrected chi connectivity index (χ0v) is 14.2. The van der Waals surface area contributed by atoms with Gasteiger partial charge in [0.15, 0.2) is 5.78 Å². The Bertz CT molecular complexity index is 752. The maximum absolute atomic E-state index is 12.2. The SMILES string of the molecule is O=C(CCc1ccccc1)c1csc(CCNCc2ncc[nH]2)n1. The van der Waals surface area contributed by atoms with Crippen LogP contribution in [-0.2, 0) is 19.4 Å². The van der Waals surface area contributed by atoms with Gasteiger partial charge in [-0.05, 0) is 12.0 Å². The Balaban J connectivity index is 1.41. The van der Waals surface area contributed by atoms with Gasteiger partial charge in [0.05, 0.1) is 11.6 Å². The summed E-state index contributed by atoms with van der Waals surface area (Å²) in [4.78, 5) is 23.9. The average Bonchev–Trinajstić information content (AvgIpc) is 3.29. The van der Waals surface area contributed by atoms with Gasteiger partial charge in [-0.3, -0.25) is 4.79 Å². The van der Waals surface area contributed by atoms with Gasteiger partial charge in [-0.1, -0.05) is 30.3 Å². The Morgan fingerprint density at radius 2 is 2.08 bits per heavy atom. The molecule has 2 aromatic heterocycles. The molecule has 6 heteroatoms. The van der Waals surface area contributed by atoms with Crippen LogP contribution in [0.1, 0.15) is 33.3 Å². The average molecular weight is 340 g/mol. The summed E-state index contributed by atoms with van der Waals surface area (Å²) in [5.41, 5.74) is 1.78. The molecule has 0 aliphatic heterocycles. The fraction of sp³-hybridized carbons (Fsp3) is 0.278. The molecule has 0 unspecified atom stereocenters. The molecule has 3 aromatic rings. The fourth-order valence-electron chi connectivity index (χ4n) is 2.38. The predicted octanol–water partition coefficient (Wildman–Crippen LogP) is 3.01. The highest BCUT2D eigenvalue weighted by Gasteiger charge is 2.11. The minimum Gasteiger partial charge on any atom is -0.348 e. The maximum Gasteiger partial charge on any atom is 0.182 e. The summed E-state index contributed by atoms with van der Waals surface area (Å²) in [7, 11) is 0. The zero-order chi connectivity index (χ0) is 16.6. The van der Waals surface area contributed by atoms with Gasteiger partial charge in [-0.15, -0.1) is 11.3 Å². The summed E-state index contributed by atoms with van der Waals surface area (Å²) in [5.74, 6) is 1.04. The third kappa shape index (κ3) is 4.84. The molecule has 0 radical (unpaired) electrons. The van der Waals surface area contributed by atoms with Crippen LogP contribution in [0.3, 0.4) is 0 Å². The number of hydrogen-bond donors (Lipinski definition) is 2. The van der Waals surface area contributed by atoms with E-state index in [1.807, 2.05) is 41.9 Å². The predicted molar refractivity (Wildman–Crippen MR) is 95.2 cm³/mol. The van der Waals surface area contributed by atoms with E-state index in [1.54, 1.807) is 17.5 Å². The van der Waals surface area contributed by atoms with Crippen LogP contribution in [0.4, 0.5) is 0 Å². The van der Waals surface area contributed by atoms with Crippen LogP contribution in [0.15, 0.2) is 48.1 Å². The van der Waals surface area contributed by atoms with Crippen LogP contribution in [0, 0.1) is 0 Å². The molecule has 0 atom stereocenters. The number of aromatic amines is 1. The number of aromatic nitrogens is 3. The summed E-state index contributed by atoms with van der Waals surface area (Å²) in [6.07, 6.45) is 5.63. The third-order valence-corrected chi connectivity index (χ3v) is 4.59. The van der Waals surface area contributed by atoms with Gasteiger partial charge in [0.2, 0.25) is 0 Å². The van der Waals surface area contributed by atoms with E-state index in [9.17, 15) is 4.79 Å². The fourth-order valence-corrected chi connectivity index (χ4v) is 3.18. The number of imidazole rings is 1. The van der Waals surface area contributed by atoms with E-state index in [2.05, 4.69) is 20.3 Å². The van der Waals surface area contributed by atoms with Crippen molar-refractivity contribution in [2.75, 3.05) is 6.54 Å². The number of thiazole rings is 1. The molecule has 2 N–H and O–H groups in total. The van der Waals surface area contributed by atoms with Crippen LogP contribution in [0.25, 0.3) is 0 Å². The molecule has 5 nitrogen and oxygen atoms in total. The summed E-state index contributed by atoms with van der Waals surface area (Å²) in [6.45, 7) is 1.52. The number of ketones is 1. The number of nitrogens with zero attached hydrogens (tertiary/aromatic N) is 2. The number of aryl methyl sites for hydroxylation is 1. The molecule has 2 heterocycles. The second kappa shape index (κ2) is 8.52. The number of nitrogens with one attached hydrogen (secondary N) is 2. The summed E-state index contributed by atoms with van der Waals surface area (Å²) < 4.78 is 0. The lowest BCUT2D eigenvalue weighted by Gasteiger charge is -2.00. The van der Waals surface area contributed by atoms with Gasteiger partial charge in [0.25, 0.3) is 0 Å². The number of H-pyrrole nitrogens is 1. The van der Waals surface area contributed by atoms with Crippen molar-refractivity contribution < 1.29 is 4.79 Å². The van der Waals surface area contributed by atoms with Crippen molar-refractivity contribution in [2.24, 2.45) is 0 Å². The lowest BCUT2D eigenvalue weighted by molar-refractivity contribution is 0.0978. The van der Waals surface area contributed by atoms with Crippen molar-refractivity contribution in [2.45, 2.75) is 25.8 Å². The van der Waals surface area contributed by atoms with Gasteiger partial charge in [-0.2, -0.15) is 0 Å². The maximum atomic E-state index is 12.2. The van der Waals surface area contributed by atoms with Gasteiger partial charge in [0.1, 0.15) is 11.5 Å². The Labute approximate surface area is 145 Å². The van der Waals surface area contributed by atoms with Crippen molar-refractivity contribution in [3.8, 4) is 0 Å². The molecule has 124 valence electrons. The zero-order valence-electron chi connectivity index (χ0n) is 13.4. The second-order valence-electron chi connectivity index (χ2n) is 5.50. The molecule has 0 aliphatic rings. The smallest absolute Gasteiger partial charge is 0.182 e. The summed E-state index contributed by atoms with van der Waals surface area (Å²) in [5, 5.41) is 6.17. The topological polar surface area (TPSA) is 70.7 Å². The van der Waals surface area contributed by atoms with E-state index < -0.39 is 0 Å². The molecule has 0 saturated carbocycles. The normalized spacial score (nSPS) is 10.8. The Morgan fingerprint density at radius 3 is 2.88 bits per heavy atom. The van der Waals surface area contributed by atoms with Crippen LogP contribution < -0.4 is 5.32 Å². The highest BCUT2D eigenvalue weighted by molar-refractivity contribution is 7.09. The molecule has 0 aliphatic carbocycles. The quantitative estimate of drug-likeness (QED) is 0.464. The van der Waals surface area contributed by atoms with Crippen LogP contribution in [-0.4, -0.2) is 27.3 Å². The van der Waals surface area contributed by atoms with Crippen LogP contribution in [0.5, 0.6) is 0 Å². The first-order valence-electron chi connectivity index (χ1n) is 8.02. The molecule has 3 rings (SSSR count). The molecule has 1 aromatic carbocycles. The van der Waals surface area contributed by atoms with Crippen LogP contribution in [0.2, 0.25) is 0 Å². The van der Waals surface area contributed by atoms with Crippen molar-refractivity contribution >= 4 is 17.1 Å². The molecule has 0 saturated heterocycles. The first-order valence-corrected chi connectivity index (χ1v) is 8.90. The number of carbonyl (C=O) groups excluding carboxylic acids is 1. The van der Waals surface area contributed by atoms with Gasteiger partial charge in [0, 0.05) is 37.2 Å². The Hall–Kier alpha value is -2.31. The standard InChI is InChI=1S/C18H20N4OS/c23-16(7-6-14-4-2-1-3-5-14)15-13-24-18(22-15)8-9-19-12-17-20-10-11-21-17/h1-5,10-11,13,19H,6-9,12H2,(H,20,21). The molecule has 0 amide bonds. The number of rotatable bonds is 9. The van der Waals surface area contributed by atoms with E-state index in [0.717, 1.165) is 30.2 Å². The monoisotopic (exact) mass is 340 g/mol. The number of carbonyl (C=O) groups is 1. The van der Waals surface area contributed by atoms with E-state index in [-0.39, 0.29) is 5.78 Å². The largest absolute Gasteiger partial charge is 0.348 e. The Morgan fingerprint density at radius 1 is 1.21 bits per heavy atom. The number of Topliss-reactive ketones (excluding diaryl/α,β-unsaturated/α-hetero) is 1. The van der Waals surface area contributed by atoms with Gasteiger partial charge < -0.3 is 10.3 Å². The number of hydrogen-bond acceptors (Lipinski definition) is 5. The summed E-state index contributed by atoms with van der Waals surface area (Å²) in [6, 6.07) is 10.1. The first-order chi connectivity index (χ1) is 11.8. The molecular weight excluding hydrogens is 320 g/mol. The van der Waals surface area contributed by atoms with Crippen molar-refractivity contribution in [1.29, 1.82) is 0 Å². The van der Waals surface area contributed by atoms with Crippen molar-refractivity contribution in [1.82, 2.24) is 20.3 Å². The highest BCUT2D eigenvalue weighted by atomic mass is 32.1. The lowest BCUT2D eigenvalue weighted by Crippen LogP contribution is -2.17. The van der Waals surface area contributed by atoms with Gasteiger partial charge in [-0.25, -0.2) is 9.97 Å². The minimum atomic E-state index is 0.116. The van der Waals surface area contributed by atoms with E-state index in [0.29, 0.717) is 18.7 Å². The van der Waals surface area contributed by atoms with E-state index >= 15 is 0 Å². The van der Waals surface area contributed by atoms with Gasteiger partial charge >= 0.3 is 0 Å². The molecule has 0 fully saturated rings.